The molecule has 0 aliphatic heterocycles. The number of carbonyl (C=O) groups excluding carboxylic acids is 1. The second-order valence-corrected chi connectivity index (χ2v) is 7.59. The average molecular weight is 532 g/mol. The summed E-state index contributed by atoms with van der Waals surface area (Å²) in [5, 5.41) is 18.4. The number of anilines is 2. The number of nitro benzene ring substituents is 1. The first-order valence-electron chi connectivity index (χ1n) is 8.77. The van der Waals surface area contributed by atoms with Crippen LogP contribution in [0.4, 0.5) is 17.1 Å². The van der Waals surface area contributed by atoms with E-state index in [4.69, 9.17) is 0 Å². The van der Waals surface area contributed by atoms with Crippen molar-refractivity contribution in [3.05, 3.63) is 98.5 Å². The summed E-state index contributed by atoms with van der Waals surface area (Å²) in [6.45, 7) is 0. The Morgan fingerprint density at radius 3 is 2.37 bits per heavy atom. The van der Waals surface area contributed by atoms with Crippen LogP contribution in [0, 0.1) is 10.1 Å². The van der Waals surface area contributed by atoms with E-state index in [1.54, 1.807) is 18.2 Å². The molecule has 0 aliphatic rings. The molecule has 0 fully saturated rings. The lowest BCUT2D eigenvalue weighted by atomic mass is 10.0. The number of non-ortho nitro benzene ring substituents is 1. The monoisotopic (exact) mass is 530 g/mol. The minimum atomic E-state index is -0.456. The molecule has 7 nitrogen and oxygen atoms in total. The van der Waals surface area contributed by atoms with Crippen molar-refractivity contribution >= 4 is 60.5 Å². The van der Waals surface area contributed by atoms with Crippen LogP contribution in [0.1, 0.15) is 11.1 Å². The molecule has 0 saturated carbocycles. The number of carbonyl (C=O) groups is 1. The van der Waals surface area contributed by atoms with Gasteiger partial charge in [-0.3, -0.25) is 20.3 Å². The first-order valence-corrected chi connectivity index (χ1v) is 10.7. The lowest BCUT2D eigenvalue weighted by Crippen LogP contribution is -2.16. The topological polar surface area (TPSA) is 96.6 Å². The molecule has 1 amide bonds. The molecule has 0 spiro atoms. The maximum atomic E-state index is 12.0. The van der Waals surface area contributed by atoms with E-state index in [1.165, 1.54) is 12.1 Å². The van der Waals surface area contributed by atoms with Crippen molar-refractivity contribution in [1.29, 1.82) is 0 Å². The fourth-order valence-corrected chi connectivity index (χ4v) is 3.16. The van der Waals surface area contributed by atoms with Gasteiger partial charge in [0, 0.05) is 27.7 Å². The minimum Gasteiger partial charge on any atom is -0.325 e. The van der Waals surface area contributed by atoms with Gasteiger partial charge < -0.3 is 5.32 Å². The van der Waals surface area contributed by atoms with E-state index < -0.39 is 4.92 Å². The van der Waals surface area contributed by atoms with E-state index in [0.29, 0.717) is 22.6 Å². The Labute approximate surface area is 189 Å². The van der Waals surface area contributed by atoms with Gasteiger partial charge in [0.2, 0.25) is 5.91 Å². The van der Waals surface area contributed by atoms with Crippen LogP contribution >= 0.6 is 31.9 Å². The lowest BCUT2D eigenvalue weighted by molar-refractivity contribution is -0.384. The summed E-state index contributed by atoms with van der Waals surface area (Å²) in [4.78, 5) is 22.4. The molecule has 2 N–H and O–H groups in total. The number of nitrogens with one attached hydrogen (secondary N) is 2. The number of nitrogens with zero attached hydrogens (tertiary/aromatic N) is 2. The Kier molecular flexibility index (Phi) is 7.31. The van der Waals surface area contributed by atoms with Gasteiger partial charge >= 0.3 is 0 Å². The fraction of sp³-hybridized carbons (Fsp3) is 0.0476. The van der Waals surface area contributed by atoms with Gasteiger partial charge in [0.15, 0.2) is 0 Å². The summed E-state index contributed by atoms with van der Waals surface area (Å²) in [5.74, 6) is -0.186. The summed E-state index contributed by atoms with van der Waals surface area (Å²) < 4.78 is 0.827. The SMILES string of the molecule is O=C(CBr)Nc1ccc(Br)cc1/C(=N/Nc1ccc([N+](=O)[O-])cc1)c1ccccc1. The number of nitro groups is 1. The van der Waals surface area contributed by atoms with Crippen molar-refractivity contribution in [3.8, 4) is 0 Å². The second-order valence-electron chi connectivity index (χ2n) is 6.11. The van der Waals surface area contributed by atoms with Crippen molar-refractivity contribution in [2.75, 3.05) is 16.1 Å². The molecular formula is C21H16Br2N4O3. The molecule has 0 atom stereocenters. The van der Waals surface area contributed by atoms with Crippen LogP contribution in [0.25, 0.3) is 0 Å². The minimum absolute atomic E-state index is 0.000395. The predicted octanol–water partition coefficient (Wildman–Crippen LogP) is 5.56. The Balaban J connectivity index is 2.04. The van der Waals surface area contributed by atoms with Crippen molar-refractivity contribution in [3.63, 3.8) is 0 Å². The van der Waals surface area contributed by atoms with E-state index in [2.05, 4.69) is 47.7 Å². The van der Waals surface area contributed by atoms with Crippen molar-refractivity contribution in [1.82, 2.24) is 0 Å². The van der Waals surface area contributed by atoms with Crippen molar-refractivity contribution in [2.24, 2.45) is 5.10 Å². The van der Waals surface area contributed by atoms with E-state index in [1.807, 2.05) is 42.5 Å². The maximum Gasteiger partial charge on any atom is 0.269 e. The molecule has 9 heteroatoms. The van der Waals surface area contributed by atoms with Gasteiger partial charge in [-0.2, -0.15) is 5.10 Å². The molecule has 3 aromatic rings. The number of benzene rings is 3. The summed E-state index contributed by atoms with van der Waals surface area (Å²) in [7, 11) is 0. The van der Waals surface area contributed by atoms with Crippen LogP contribution in [-0.2, 0) is 4.79 Å². The Morgan fingerprint density at radius 2 is 1.73 bits per heavy atom. The van der Waals surface area contributed by atoms with E-state index in [0.717, 1.165) is 10.0 Å². The number of halogens is 2. The number of hydrogen-bond acceptors (Lipinski definition) is 5. The molecule has 0 heterocycles. The number of alkyl halides is 1. The first-order chi connectivity index (χ1) is 14.5. The molecule has 0 saturated heterocycles. The highest BCUT2D eigenvalue weighted by Gasteiger charge is 2.15. The fourth-order valence-electron chi connectivity index (χ4n) is 2.66. The van der Waals surface area contributed by atoms with Crippen molar-refractivity contribution in [2.45, 2.75) is 0 Å². The molecule has 0 unspecified atom stereocenters. The van der Waals surface area contributed by atoms with Gasteiger partial charge in [0.25, 0.3) is 5.69 Å². The van der Waals surface area contributed by atoms with Gasteiger partial charge in [-0.15, -0.1) is 0 Å². The third-order valence-electron chi connectivity index (χ3n) is 4.05. The highest BCUT2D eigenvalue weighted by Crippen LogP contribution is 2.25. The predicted molar refractivity (Wildman–Crippen MR) is 125 cm³/mol. The van der Waals surface area contributed by atoms with Crippen LogP contribution in [0.5, 0.6) is 0 Å². The number of hydrogen-bond donors (Lipinski definition) is 2. The molecule has 0 bridgehead atoms. The van der Waals surface area contributed by atoms with E-state index in [-0.39, 0.29) is 16.9 Å². The van der Waals surface area contributed by atoms with Gasteiger partial charge in [0.05, 0.1) is 27.3 Å². The van der Waals surface area contributed by atoms with E-state index >= 15 is 0 Å². The molecule has 0 aromatic heterocycles. The summed E-state index contributed by atoms with van der Waals surface area (Å²) in [5.41, 5.74) is 6.29. The standard InChI is InChI=1S/C21H16Br2N4O3/c22-13-20(28)24-19-11-6-15(23)12-18(19)21(14-4-2-1-3-5-14)26-25-16-7-9-17(10-8-16)27(29)30/h1-12,25H,13H2,(H,24,28)/b26-21+. The zero-order valence-electron chi connectivity index (χ0n) is 15.5. The molecule has 3 aromatic carbocycles. The second kappa shape index (κ2) is 10.1. The third kappa shape index (κ3) is 5.52. The van der Waals surface area contributed by atoms with Crippen LogP contribution in [-0.4, -0.2) is 21.9 Å². The third-order valence-corrected chi connectivity index (χ3v) is 5.06. The quantitative estimate of drug-likeness (QED) is 0.181. The zero-order valence-corrected chi connectivity index (χ0v) is 18.7. The molecule has 152 valence electrons. The normalized spacial score (nSPS) is 11.1. The molecular weight excluding hydrogens is 516 g/mol. The molecule has 30 heavy (non-hydrogen) atoms. The Hall–Kier alpha value is -3.04. The van der Waals surface area contributed by atoms with E-state index in [9.17, 15) is 14.9 Å². The van der Waals surface area contributed by atoms with Gasteiger partial charge in [-0.1, -0.05) is 62.2 Å². The summed E-state index contributed by atoms with van der Waals surface area (Å²) in [6, 6.07) is 21.0. The van der Waals surface area contributed by atoms with Gasteiger partial charge in [0.1, 0.15) is 0 Å². The largest absolute Gasteiger partial charge is 0.325 e. The average Bonchev–Trinajstić information content (AvgIpc) is 2.76. The Bertz CT molecular complexity index is 1090. The molecule has 0 radical (unpaired) electrons. The van der Waals surface area contributed by atoms with Crippen LogP contribution in [0.15, 0.2) is 82.4 Å². The molecule has 0 aliphatic carbocycles. The number of rotatable bonds is 7. The highest BCUT2D eigenvalue weighted by atomic mass is 79.9. The summed E-state index contributed by atoms with van der Waals surface area (Å²) in [6.07, 6.45) is 0. The van der Waals surface area contributed by atoms with Crippen LogP contribution < -0.4 is 10.7 Å². The first kappa shape index (κ1) is 21.7. The van der Waals surface area contributed by atoms with Crippen molar-refractivity contribution < 1.29 is 9.72 Å². The lowest BCUT2D eigenvalue weighted by Gasteiger charge is -2.14. The number of hydrazone groups is 1. The zero-order chi connectivity index (χ0) is 21.5. The smallest absolute Gasteiger partial charge is 0.269 e. The number of amides is 1. The Morgan fingerprint density at radius 1 is 1.03 bits per heavy atom. The van der Waals surface area contributed by atoms with Crippen LogP contribution in [0.2, 0.25) is 0 Å². The van der Waals surface area contributed by atoms with Crippen LogP contribution in [0.3, 0.4) is 0 Å². The maximum absolute atomic E-state index is 12.0. The van der Waals surface area contributed by atoms with Gasteiger partial charge in [-0.05, 0) is 30.3 Å². The summed E-state index contributed by atoms with van der Waals surface area (Å²) >= 11 is 6.64. The molecule has 3 rings (SSSR count). The van der Waals surface area contributed by atoms with Gasteiger partial charge in [-0.25, -0.2) is 0 Å². The highest BCUT2D eigenvalue weighted by molar-refractivity contribution is 9.10.